The van der Waals surface area contributed by atoms with Crippen molar-refractivity contribution in [3.8, 4) is 5.75 Å². The molecule has 2 aromatic rings. The van der Waals surface area contributed by atoms with Crippen LogP contribution < -0.4 is 4.74 Å². The number of aliphatic carboxylic acids is 1. The van der Waals surface area contributed by atoms with E-state index in [2.05, 4.69) is 0 Å². The van der Waals surface area contributed by atoms with Gasteiger partial charge in [0.15, 0.2) is 0 Å². The van der Waals surface area contributed by atoms with Crippen molar-refractivity contribution in [3.63, 3.8) is 0 Å². The number of sulfonamides is 1. The molecule has 0 bridgehead atoms. The lowest BCUT2D eigenvalue weighted by molar-refractivity contribution is -0.142. The summed E-state index contributed by atoms with van der Waals surface area (Å²) in [6, 6.07) is 4.65. The summed E-state index contributed by atoms with van der Waals surface area (Å²) in [4.78, 5) is 12.3. The zero-order chi connectivity index (χ0) is 23.8. The van der Waals surface area contributed by atoms with Crippen molar-refractivity contribution < 1.29 is 32.2 Å². The van der Waals surface area contributed by atoms with Gasteiger partial charge in [-0.15, -0.1) is 0 Å². The molecule has 1 N–H and O–H groups in total. The Labute approximate surface area is 187 Å². The van der Waals surface area contributed by atoms with Gasteiger partial charge >= 0.3 is 5.97 Å². The fraction of sp³-hybridized carbons (Fsp3) is 0.435. The van der Waals surface area contributed by atoms with E-state index in [1.807, 2.05) is 6.92 Å². The lowest BCUT2D eigenvalue weighted by Crippen LogP contribution is -2.49. The number of carboxylic acids is 1. The van der Waals surface area contributed by atoms with Crippen molar-refractivity contribution in [1.29, 1.82) is 0 Å². The van der Waals surface area contributed by atoms with E-state index in [9.17, 15) is 22.7 Å². The summed E-state index contributed by atoms with van der Waals surface area (Å²) in [6.07, 6.45) is 0. The van der Waals surface area contributed by atoms with Crippen molar-refractivity contribution in [1.82, 2.24) is 4.31 Å². The van der Waals surface area contributed by atoms with Crippen molar-refractivity contribution in [2.75, 3.05) is 20.3 Å². The largest absolute Gasteiger partial charge is 0.491 e. The van der Waals surface area contributed by atoms with E-state index in [1.54, 1.807) is 32.0 Å². The molecular weight excluding hydrogens is 437 g/mol. The van der Waals surface area contributed by atoms with Crippen LogP contribution in [0.4, 0.5) is 4.39 Å². The van der Waals surface area contributed by atoms with Gasteiger partial charge in [-0.05, 0) is 55.2 Å². The van der Waals surface area contributed by atoms with Gasteiger partial charge in [0, 0.05) is 25.1 Å². The monoisotopic (exact) mass is 465 g/mol. The van der Waals surface area contributed by atoms with Crippen LogP contribution in [0.3, 0.4) is 0 Å². The van der Waals surface area contributed by atoms with E-state index >= 15 is 0 Å². The first kappa shape index (κ1) is 24.2. The molecule has 0 saturated heterocycles. The lowest BCUT2D eigenvalue weighted by atomic mass is 9.87. The van der Waals surface area contributed by atoms with Gasteiger partial charge in [-0.3, -0.25) is 4.79 Å². The molecule has 1 aliphatic rings. The van der Waals surface area contributed by atoms with E-state index < -0.39 is 33.8 Å². The molecule has 2 aromatic carbocycles. The second-order valence-corrected chi connectivity index (χ2v) is 9.95. The fourth-order valence-corrected chi connectivity index (χ4v) is 6.30. The molecule has 1 aliphatic heterocycles. The molecular formula is C23H28FNO6S. The number of hydrogen-bond donors (Lipinski definition) is 1. The Morgan fingerprint density at radius 3 is 2.59 bits per heavy atom. The van der Waals surface area contributed by atoms with E-state index in [0.29, 0.717) is 11.1 Å². The third-order valence-electron chi connectivity index (χ3n) is 5.94. The van der Waals surface area contributed by atoms with Crippen LogP contribution in [-0.4, -0.2) is 50.1 Å². The number of hydrogen-bond acceptors (Lipinski definition) is 5. The molecule has 0 radical (unpaired) electrons. The molecule has 3 rings (SSSR count). The summed E-state index contributed by atoms with van der Waals surface area (Å²) < 4.78 is 54.2. The van der Waals surface area contributed by atoms with Crippen LogP contribution in [0.2, 0.25) is 0 Å². The van der Waals surface area contributed by atoms with Crippen LogP contribution in [0.25, 0.3) is 0 Å². The molecule has 9 heteroatoms. The maximum atomic E-state index is 14.8. The first-order chi connectivity index (χ1) is 15.0. The van der Waals surface area contributed by atoms with Gasteiger partial charge in [0.2, 0.25) is 10.0 Å². The number of benzene rings is 2. The Hall–Kier alpha value is -2.49. The third kappa shape index (κ3) is 4.24. The molecule has 0 spiro atoms. The predicted octanol–water partition coefficient (Wildman–Crippen LogP) is 3.54. The van der Waals surface area contributed by atoms with Crippen LogP contribution in [-0.2, 0) is 26.2 Å². The number of fused-ring (bicyclic) bond motifs is 1. The highest BCUT2D eigenvalue weighted by Crippen LogP contribution is 2.38. The normalized spacial score (nSPS) is 17.7. The fourth-order valence-electron chi connectivity index (χ4n) is 4.35. The van der Waals surface area contributed by atoms with Gasteiger partial charge in [0.05, 0.1) is 6.61 Å². The average molecular weight is 466 g/mol. The van der Waals surface area contributed by atoms with Crippen LogP contribution in [0, 0.1) is 26.6 Å². The molecule has 2 atom stereocenters. The molecule has 174 valence electrons. The minimum atomic E-state index is -4.30. The van der Waals surface area contributed by atoms with Gasteiger partial charge in [0.1, 0.15) is 29.1 Å². The average Bonchev–Trinajstić information content (AvgIpc) is 2.81. The summed E-state index contributed by atoms with van der Waals surface area (Å²) in [6.45, 7) is 6.65. The Morgan fingerprint density at radius 1 is 1.28 bits per heavy atom. The number of nitrogens with zero attached hydrogens (tertiary/aromatic N) is 1. The highest BCUT2D eigenvalue weighted by Gasteiger charge is 2.44. The van der Waals surface area contributed by atoms with Crippen molar-refractivity contribution >= 4 is 16.0 Å². The molecule has 1 heterocycles. The van der Waals surface area contributed by atoms with Crippen molar-refractivity contribution in [2.45, 2.75) is 51.2 Å². The minimum Gasteiger partial charge on any atom is -0.491 e. The topological polar surface area (TPSA) is 93.1 Å². The highest BCUT2D eigenvalue weighted by molar-refractivity contribution is 7.89. The maximum absolute atomic E-state index is 14.8. The van der Waals surface area contributed by atoms with Crippen molar-refractivity contribution in [3.05, 3.63) is 57.9 Å². The quantitative estimate of drug-likeness (QED) is 0.702. The summed E-state index contributed by atoms with van der Waals surface area (Å²) in [5.74, 6) is -2.70. The SMILES string of the molecule is COCc1cc(C)cc2c1S(=O)(=O)N([C@H](C(=O)O)C(C)c1c(F)ccc(C)c1C)CCO2. The number of ether oxygens (including phenoxy) is 2. The summed E-state index contributed by atoms with van der Waals surface area (Å²) in [5.41, 5.74) is 2.76. The van der Waals surface area contributed by atoms with Gasteiger partial charge < -0.3 is 14.6 Å². The minimum absolute atomic E-state index is 0.0132. The molecule has 0 aromatic heterocycles. The van der Waals surface area contributed by atoms with Crippen LogP contribution in [0.5, 0.6) is 5.75 Å². The Bertz CT molecular complexity index is 1150. The number of methoxy groups -OCH3 is 1. The van der Waals surface area contributed by atoms with E-state index in [-0.39, 0.29) is 36.0 Å². The molecule has 32 heavy (non-hydrogen) atoms. The third-order valence-corrected chi connectivity index (χ3v) is 7.94. The molecule has 7 nitrogen and oxygen atoms in total. The summed E-state index contributed by atoms with van der Waals surface area (Å²) in [5, 5.41) is 10.1. The number of aryl methyl sites for hydroxylation is 2. The second kappa shape index (κ2) is 9.17. The van der Waals surface area contributed by atoms with Crippen LogP contribution >= 0.6 is 0 Å². The number of rotatable bonds is 6. The number of carboxylic acid groups (broad SMARTS) is 1. The zero-order valence-corrected chi connectivity index (χ0v) is 19.6. The zero-order valence-electron chi connectivity index (χ0n) is 18.8. The van der Waals surface area contributed by atoms with Crippen LogP contribution in [0.15, 0.2) is 29.2 Å². The first-order valence-electron chi connectivity index (χ1n) is 10.3. The molecule has 0 amide bonds. The number of carbonyl (C=O) groups is 1. The van der Waals surface area contributed by atoms with Crippen LogP contribution in [0.1, 0.15) is 40.7 Å². The Morgan fingerprint density at radius 2 is 1.97 bits per heavy atom. The molecule has 0 aliphatic carbocycles. The van der Waals surface area contributed by atoms with Gasteiger partial charge in [-0.1, -0.05) is 19.1 Å². The van der Waals surface area contributed by atoms with Gasteiger partial charge in [-0.2, -0.15) is 4.31 Å². The van der Waals surface area contributed by atoms with E-state index in [0.717, 1.165) is 15.4 Å². The number of halogens is 1. The Kier molecular flexibility index (Phi) is 6.92. The van der Waals surface area contributed by atoms with E-state index in [4.69, 9.17) is 9.47 Å². The Balaban J connectivity index is 2.19. The van der Waals surface area contributed by atoms with Gasteiger partial charge in [0.25, 0.3) is 0 Å². The molecule has 0 saturated carbocycles. The highest BCUT2D eigenvalue weighted by atomic mass is 32.2. The lowest BCUT2D eigenvalue weighted by Gasteiger charge is -2.32. The molecule has 1 unspecified atom stereocenters. The molecule has 0 fully saturated rings. The van der Waals surface area contributed by atoms with Gasteiger partial charge in [-0.25, -0.2) is 12.8 Å². The first-order valence-corrected chi connectivity index (χ1v) is 11.7. The predicted molar refractivity (Wildman–Crippen MR) is 117 cm³/mol. The summed E-state index contributed by atoms with van der Waals surface area (Å²) >= 11 is 0. The van der Waals surface area contributed by atoms with Crippen molar-refractivity contribution in [2.24, 2.45) is 0 Å². The second-order valence-electron chi connectivity index (χ2n) is 8.12. The maximum Gasteiger partial charge on any atom is 0.322 e. The van der Waals surface area contributed by atoms with E-state index in [1.165, 1.54) is 20.1 Å². The summed E-state index contributed by atoms with van der Waals surface area (Å²) in [7, 11) is -2.85. The standard InChI is InChI=1S/C23H28FNO6S/c1-13-10-17(12-30-5)22-19(11-13)31-9-8-25(32(22,28)29)21(23(26)27)16(4)20-15(3)14(2)6-7-18(20)24/h6-7,10-11,16,21H,8-9,12H2,1-5H3,(H,26,27)/t16?,21-/m0/s1. The smallest absolute Gasteiger partial charge is 0.322 e.